The third kappa shape index (κ3) is 2.81. The molecule has 0 aliphatic rings. The molecule has 3 nitrogen and oxygen atoms in total. The van der Waals surface area contributed by atoms with Crippen molar-refractivity contribution in [2.45, 2.75) is 6.04 Å². The Bertz CT molecular complexity index is 75.3. The summed E-state index contributed by atoms with van der Waals surface area (Å²) < 4.78 is 0.465. The highest BCUT2D eigenvalue weighted by atomic mass is 127. The number of carbonyl (C=O) groups is 1. The van der Waals surface area contributed by atoms with Gasteiger partial charge in [-0.15, -0.1) is 0 Å². The van der Waals surface area contributed by atoms with Crippen molar-refractivity contribution in [3.05, 3.63) is 0 Å². The van der Waals surface area contributed by atoms with Gasteiger partial charge in [-0.25, -0.2) is 0 Å². The van der Waals surface area contributed by atoms with Gasteiger partial charge in [0.25, 0.3) is 0 Å². The molecule has 0 saturated heterocycles. The lowest BCUT2D eigenvalue weighted by Crippen LogP contribution is -2.31. The van der Waals surface area contributed by atoms with Crippen LogP contribution in [-0.2, 0) is 4.79 Å². The molecule has 1 unspecified atom stereocenters. The van der Waals surface area contributed by atoms with Crippen LogP contribution in [0.1, 0.15) is 0 Å². The number of alkyl halides is 1. The molecule has 42 valence electrons. The van der Waals surface area contributed by atoms with Crippen molar-refractivity contribution in [3.63, 3.8) is 0 Å². The SMILES string of the molecule is NC(CI)C(=O)O. The molecule has 0 radical (unpaired) electrons. The van der Waals surface area contributed by atoms with Crippen LogP contribution in [0.25, 0.3) is 0 Å². The molecule has 3 N–H and O–H groups in total. The van der Waals surface area contributed by atoms with Gasteiger partial charge in [-0.05, 0) is 0 Å². The number of aliphatic carboxylic acids is 1. The van der Waals surface area contributed by atoms with E-state index in [1.807, 2.05) is 22.6 Å². The maximum absolute atomic E-state index is 9.80. The van der Waals surface area contributed by atoms with Gasteiger partial charge in [-0.1, -0.05) is 22.6 Å². The molecule has 0 aliphatic carbocycles. The van der Waals surface area contributed by atoms with E-state index in [-0.39, 0.29) is 0 Å². The number of halogens is 1. The van der Waals surface area contributed by atoms with Gasteiger partial charge >= 0.3 is 5.97 Å². The molecule has 1 atom stereocenters. The molecule has 0 aromatic heterocycles. The molecular formula is C3H6INO2. The van der Waals surface area contributed by atoms with E-state index >= 15 is 0 Å². The van der Waals surface area contributed by atoms with Gasteiger partial charge in [0, 0.05) is 4.43 Å². The van der Waals surface area contributed by atoms with Crippen LogP contribution >= 0.6 is 22.6 Å². The largest absolute Gasteiger partial charge is 0.480 e. The number of nitrogens with two attached hydrogens (primary N) is 1. The minimum absolute atomic E-state index is 0.465. The van der Waals surface area contributed by atoms with Crippen molar-refractivity contribution in [3.8, 4) is 0 Å². The van der Waals surface area contributed by atoms with Crippen LogP contribution in [0, 0.1) is 0 Å². The summed E-state index contributed by atoms with van der Waals surface area (Å²) in [5.74, 6) is -0.936. The number of rotatable bonds is 2. The van der Waals surface area contributed by atoms with Crippen molar-refractivity contribution in [2.75, 3.05) is 4.43 Å². The van der Waals surface area contributed by atoms with Gasteiger partial charge in [0.15, 0.2) is 0 Å². The van der Waals surface area contributed by atoms with Crippen LogP contribution in [0.3, 0.4) is 0 Å². The lowest BCUT2D eigenvalue weighted by Gasteiger charge is -1.95. The van der Waals surface area contributed by atoms with E-state index in [0.29, 0.717) is 4.43 Å². The second kappa shape index (κ2) is 3.20. The first-order valence-corrected chi connectivity index (χ1v) is 3.25. The van der Waals surface area contributed by atoms with E-state index in [0.717, 1.165) is 0 Å². The monoisotopic (exact) mass is 215 g/mol. The average Bonchev–Trinajstić information content (AvgIpc) is 1.65. The maximum Gasteiger partial charge on any atom is 0.321 e. The van der Waals surface area contributed by atoms with Crippen molar-refractivity contribution >= 4 is 28.6 Å². The quantitative estimate of drug-likeness (QED) is 0.496. The molecule has 0 aliphatic heterocycles. The maximum atomic E-state index is 9.80. The summed E-state index contributed by atoms with van der Waals surface area (Å²) in [6.45, 7) is 0. The van der Waals surface area contributed by atoms with E-state index in [1.165, 1.54) is 0 Å². The predicted octanol–water partition coefficient (Wildman–Crippen LogP) is -0.167. The zero-order valence-corrected chi connectivity index (χ0v) is 5.75. The first kappa shape index (κ1) is 7.16. The lowest BCUT2D eigenvalue weighted by atomic mass is 10.4. The second-order valence-corrected chi connectivity index (χ2v) is 1.98. The van der Waals surface area contributed by atoms with Crippen LogP contribution in [0.2, 0.25) is 0 Å². The average molecular weight is 215 g/mol. The fourth-order valence-corrected chi connectivity index (χ4v) is 0.443. The standard InChI is InChI=1S/C3H6INO2/c4-1-2(5)3(6)7/h2H,1,5H2,(H,6,7). The number of carboxylic acids is 1. The van der Waals surface area contributed by atoms with Gasteiger partial charge in [-0.3, -0.25) is 4.79 Å². The molecule has 4 heteroatoms. The van der Waals surface area contributed by atoms with Crippen molar-refractivity contribution < 1.29 is 9.90 Å². The Kier molecular flexibility index (Phi) is 3.27. The summed E-state index contributed by atoms with van der Waals surface area (Å²) in [5.41, 5.74) is 5.01. The van der Waals surface area contributed by atoms with E-state index in [4.69, 9.17) is 10.8 Å². The summed E-state index contributed by atoms with van der Waals surface area (Å²) in [6.07, 6.45) is 0. The van der Waals surface area contributed by atoms with Crippen molar-refractivity contribution in [2.24, 2.45) is 5.73 Å². The summed E-state index contributed by atoms with van der Waals surface area (Å²) in [4.78, 5) is 9.80. The van der Waals surface area contributed by atoms with E-state index in [9.17, 15) is 4.79 Å². The molecule has 0 spiro atoms. The Balaban J connectivity index is 3.34. The highest BCUT2D eigenvalue weighted by molar-refractivity contribution is 14.1. The first-order valence-electron chi connectivity index (χ1n) is 1.73. The Hall–Kier alpha value is 0.160. The molecule has 0 rings (SSSR count). The molecule has 0 fully saturated rings. The summed E-state index contributed by atoms with van der Waals surface area (Å²) in [7, 11) is 0. The minimum atomic E-state index is -0.936. The number of hydrogen-bond donors (Lipinski definition) is 2. The van der Waals surface area contributed by atoms with E-state index in [2.05, 4.69) is 0 Å². The van der Waals surface area contributed by atoms with Crippen LogP contribution in [0.15, 0.2) is 0 Å². The summed E-state index contributed by atoms with van der Waals surface area (Å²) in [5, 5.41) is 8.05. The molecule has 7 heavy (non-hydrogen) atoms. The van der Waals surface area contributed by atoms with Crippen molar-refractivity contribution in [1.29, 1.82) is 0 Å². The smallest absolute Gasteiger partial charge is 0.321 e. The highest BCUT2D eigenvalue weighted by Gasteiger charge is 2.06. The van der Waals surface area contributed by atoms with Crippen LogP contribution in [0.5, 0.6) is 0 Å². The highest BCUT2D eigenvalue weighted by Crippen LogP contribution is 1.85. The Morgan fingerprint density at radius 1 is 2.00 bits per heavy atom. The second-order valence-electron chi connectivity index (χ2n) is 1.10. The van der Waals surface area contributed by atoms with Crippen LogP contribution in [0.4, 0.5) is 0 Å². The summed E-state index contributed by atoms with van der Waals surface area (Å²) >= 11 is 1.92. The molecule has 0 heterocycles. The number of hydrogen-bond acceptors (Lipinski definition) is 2. The topological polar surface area (TPSA) is 63.3 Å². The van der Waals surface area contributed by atoms with Gasteiger partial charge in [0.1, 0.15) is 6.04 Å². The zero-order valence-electron chi connectivity index (χ0n) is 3.60. The predicted molar refractivity (Wildman–Crippen MR) is 34.5 cm³/mol. The molecule has 0 aromatic rings. The van der Waals surface area contributed by atoms with Gasteiger partial charge < -0.3 is 10.8 Å². The number of carboxylic acid groups (broad SMARTS) is 1. The van der Waals surface area contributed by atoms with Crippen LogP contribution in [-0.4, -0.2) is 21.5 Å². The fraction of sp³-hybridized carbons (Fsp3) is 0.667. The zero-order chi connectivity index (χ0) is 5.86. The third-order valence-corrected chi connectivity index (χ3v) is 1.43. The molecule has 0 amide bonds. The van der Waals surface area contributed by atoms with Gasteiger partial charge in [0.05, 0.1) is 0 Å². The minimum Gasteiger partial charge on any atom is -0.480 e. The van der Waals surface area contributed by atoms with E-state index < -0.39 is 12.0 Å². The lowest BCUT2D eigenvalue weighted by molar-refractivity contribution is -0.137. The molecule has 0 aromatic carbocycles. The van der Waals surface area contributed by atoms with Crippen LogP contribution < -0.4 is 5.73 Å². The van der Waals surface area contributed by atoms with Crippen molar-refractivity contribution in [1.82, 2.24) is 0 Å². The third-order valence-electron chi connectivity index (χ3n) is 0.483. The van der Waals surface area contributed by atoms with Gasteiger partial charge in [-0.2, -0.15) is 0 Å². The fourth-order valence-electron chi connectivity index (χ4n) is 0.0660. The Morgan fingerprint density at radius 2 is 2.43 bits per heavy atom. The Labute approximate surface area is 55.0 Å². The van der Waals surface area contributed by atoms with E-state index in [1.54, 1.807) is 0 Å². The molecule has 0 bridgehead atoms. The van der Waals surface area contributed by atoms with Gasteiger partial charge in [0.2, 0.25) is 0 Å². The first-order chi connectivity index (χ1) is 3.18. The normalized spacial score (nSPS) is 13.4. The summed E-state index contributed by atoms with van der Waals surface area (Å²) in [6, 6.07) is -0.694. The Morgan fingerprint density at radius 3 is 2.43 bits per heavy atom. The molecular weight excluding hydrogens is 209 g/mol. The molecule has 0 saturated carbocycles.